The number of ether oxygens (including phenoxy) is 1. The molecule has 1 aliphatic rings. The quantitative estimate of drug-likeness (QED) is 0.839. The van der Waals surface area contributed by atoms with Gasteiger partial charge in [-0.05, 0) is 30.9 Å². The van der Waals surface area contributed by atoms with E-state index in [-0.39, 0.29) is 10.8 Å². The van der Waals surface area contributed by atoms with Gasteiger partial charge < -0.3 is 10.5 Å². The molecule has 1 unspecified atom stereocenters. The van der Waals surface area contributed by atoms with Crippen molar-refractivity contribution in [1.82, 2.24) is 4.31 Å². The summed E-state index contributed by atoms with van der Waals surface area (Å²) in [7, 11) is -3.55. The summed E-state index contributed by atoms with van der Waals surface area (Å²) in [5.74, 6) is 0.273. The summed E-state index contributed by atoms with van der Waals surface area (Å²) in [6.07, 6.45) is 0.912. The number of nitrogens with zero attached hydrogens (tertiary/aromatic N) is 1. The molecule has 1 aromatic rings. The van der Waals surface area contributed by atoms with Crippen LogP contribution in [0.4, 0.5) is 5.69 Å². The molecule has 0 saturated carbocycles. The number of hydrogen-bond donors (Lipinski definition) is 1. The smallest absolute Gasteiger partial charge is 0.245 e. The first-order chi connectivity index (χ1) is 9.46. The van der Waals surface area contributed by atoms with Crippen LogP contribution in [0.5, 0.6) is 0 Å². The Morgan fingerprint density at radius 3 is 2.75 bits per heavy atom. The molecule has 2 N–H and O–H groups in total. The van der Waals surface area contributed by atoms with Crippen LogP contribution in [0.15, 0.2) is 23.1 Å². The fourth-order valence-corrected chi connectivity index (χ4v) is 4.42. The van der Waals surface area contributed by atoms with E-state index < -0.39 is 10.0 Å². The van der Waals surface area contributed by atoms with Gasteiger partial charge in [-0.2, -0.15) is 4.31 Å². The van der Waals surface area contributed by atoms with Gasteiger partial charge in [0.05, 0.1) is 12.3 Å². The largest absolute Gasteiger partial charge is 0.398 e. The van der Waals surface area contributed by atoms with Crippen molar-refractivity contribution in [2.45, 2.75) is 25.2 Å². The maximum atomic E-state index is 12.8. The van der Waals surface area contributed by atoms with Crippen LogP contribution >= 0.6 is 0 Å². The minimum absolute atomic E-state index is 0.237. The van der Waals surface area contributed by atoms with Crippen molar-refractivity contribution in [1.29, 1.82) is 0 Å². The topological polar surface area (TPSA) is 72.6 Å². The van der Waals surface area contributed by atoms with Crippen molar-refractivity contribution in [3.05, 3.63) is 23.8 Å². The number of aryl methyl sites for hydroxylation is 1. The molecule has 0 bridgehead atoms. The molecule has 112 valence electrons. The average Bonchev–Trinajstić information content (AvgIpc) is 2.88. The lowest BCUT2D eigenvalue weighted by molar-refractivity contribution is 0.181. The van der Waals surface area contributed by atoms with E-state index >= 15 is 0 Å². The molecule has 0 spiro atoms. The Morgan fingerprint density at radius 2 is 2.20 bits per heavy atom. The lowest BCUT2D eigenvalue weighted by Gasteiger charge is -2.24. The first-order valence-electron chi connectivity index (χ1n) is 6.89. The summed E-state index contributed by atoms with van der Waals surface area (Å²) in [6.45, 7) is 5.90. The maximum Gasteiger partial charge on any atom is 0.245 e. The highest BCUT2D eigenvalue weighted by molar-refractivity contribution is 7.89. The summed E-state index contributed by atoms with van der Waals surface area (Å²) >= 11 is 0. The number of nitrogen functional groups attached to an aromatic ring is 1. The number of rotatable bonds is 5. The summed E-state index contributed by atoms with van der Waals surface area (Å²) in [5.41, 5.74) is 6.88. The molecule has 0 radical (unpaired) electrons. The number of anilines is 1. The fourth-order valence-electron chi connectivity index (χ4n) is 2.57. The molecule has 2 rings (SSSR count). The van der Waals surface area contributed by atoms with Crippen molar-refractivity contribution in [2.75, 3.05) is 32.0 Å². The van der Waals surface area contributed by atoms with Crippen LogP contribution in [0, 0.1) is 12.8 Å². The summed E-state index contributed by atoms with van der Waals surface area (Å²) in [5, 5.41) is 0. The second-order valence-electron chi connectivity index (χ2n) is 5.18. The molecular weight excluding hydrogens is 276 g/mol. The zero-order valence-corrected chi connectivity index (χ0v) is 12.8. The zero-order valence-electron chi connectivity index (χ0n) is 12.0. The Morgan fingerprint density at radius 1 is 1.45 bits per heavy atom. The lowest BCUT2D eigenvalue weighted by Crippen LogP contribution is -2.36. The van der Waals surface area contributed by atoms with Gasteiger partial charge >= 0.3 is 0 Å². The first-order valence-corrected chi connectivity index (χ1v) is 8.33. The number of hydrogen-bond acceptors (Lipinski definition) is 4. The molecule has 6 heteroatoms. The lowest BCUT2D eigenvalue weighted by atomic mass is 10.1. The van der Waals surface area contributed by atoms with Gasteiger partial charge in [0.25, 0.3) is 0 Å². The van der Waals surface area contributed by atoms with E-state index in [1.807, 2.05) is 6.92 Å². The highest BCUT2D eigenvalue weighted by atomic mass is 32.2. The summed E-state index contributed by atoms with van der Waals surface area (Å²) < 4.78 is 32.4. The van der Waals surface area contributed by atoms with E-state index in [0.717, 1.165) is 13.0 Å². The van der Waals surface area contributed by atoms with Crippen LogP contribution in [0.2, 0.25) is 0 Å². The summed E-state index contributed by atoms with van der Waals surface area (Å²) in [4.78, 5) is 0.237. The first kappa shape index (κ1) is 15.3. The molecule has 0 aromatic heterocycles. The fraction of sp³-hybridized carbons (Fsp3) is 0.571. The zero-order chi connectivity index (χ0) is 14.8. The molecule has 1 aliphatic heterocycles. The Labute approximate surface area is 120 Å². The SMILES string of the molecule is CCN(CC1CCOC1)S(=O)(=O)c1c(C)cccc1N. The minimum Gasteiger partial charge on any atom is -0.398 e. The molecule has 0 aliphatic carbocycles. The van der Waals surface area contributed by atoms with Crippen molar-refractivity contribution in [3.63, 3.8) is 0 Å². The molecular formula is C14H22N2O3S. The Bertz CT molecular complexity index is 546. The Kier molecular flexibility index (Phi) is 4.67. The van der Waals surface area contributed by atoms with Crippen molar-refractivity contribution < 1.29 is 13.2 Å². The summed E-state index contributed by atoms with van der Waals surface area (Å²) in [6, 6.07) is 5.17. The second kappa shape index (κ2) is 6.11. The van der Waals surface area contributed by atoms with Gasteiger partial charge in [0.1, 0.15) is 4.90 Å². The number of benzene rings is 1. The van der Waals surface area contributed by atoms with E-state index in [4.69, 9.17) is 10.5 Å². The monoisotopic (exact) mass is 298 g/mol. The van der Waals surface area contributed by atoms with Crippen LogP contribution < -0.4 is 5.73 Å². The number of sulfonamides is 1. The molecule has 1 heterocycles. The van der Waals surface area contributed by atoms with Crippen LogP contribution in [-0.2, 0) is 14.8 Å². The van der Waals surface area contributed by atoms with Gasteiger partial charge in [-0.25, -0.2) is 8.42 Å². The number of nitrogens with two attached hydrogens (primary N) is 1. The van der Waals surface area contributed by atoms with Gasteiger partial charge in [-0.1, -0.05) is 19.1 Å². The normalized spacial score (nSPS) is 19.6. The van der Waals surface area contributed by atoms with E-state index in [2.05, 4.69) is 0 Å². The molecule has 5 nitrogen and oxygen atoms in total. The van der Waals surface area contributed by atoms with E-state index in [1.165, 1.54) is 4.31 Å². The second-order valence-corrected chi connectivity index (χ2v) is 7.05. The third kappa shape index (κ3) is 2.97. The Hall–Kier alpha value is -1.11. The molecule has 1 saturated heterocycles. The molecule has 1 aromatic carbocycles. The van der Waals surface area contributed by atoms with Crippen LogP contribution in [-0.4, -0.2) is 39.0 Å². The van der Waals surface area contributed by atoms with E-state index in [9.17, 15) is 8.42 Å². The van der Waals surface area contributed by atoms with Gasteiger partial charge in [0.2, 0.25) is 10.0 Å². The highest BCUT2D eigenvalue weighted by Crippen LogP contribution is 2.27. The van der Waals surface area contributed by atoms with Gasteiger partial charge in [0, 0.05) is 19.7 Å². The molecule has 1 fully saturated rings. The van der Waals surface area contributed by atoms with Crippen molar-refractivity contribution in [2.24, 2.45) is 5.92 Å². The molecule has 20 heavy (non-hydrogen) atoms. The van der Waals surface area contributed by atoms with Gasteiger partial charge in [-0.3, -0.25) is 0 Å². The van der Waals surface area contributed by atoms with Crippen LogP contribution in [0.25, 0.3) is 0 Å². The third-order valence-electron chi connectivity index (χ3n) is 3.68. The van der Waals surface area contributed by atoms with Crippen LogP contribution in [0.3, 0.4) is 0 Å². The standard InChI is InChI=1S/C14H22N2O3S/c1-3-16(9-12-7-8-19-10-12)20(17,18)14-11(2)5-4-6-13(14)15/h4-6,12H,3,7-10,15H2,1-2H3. The van der Waals surface area contributed by atoms with E-state index in [1.54, 1.807) is 25.1 Å². The predicted octanol–water partition coefficient (Wildman–Crippen LogP) is 1.62. The van der Waals surface area contributed by atoms with Crippen molar-refractivity contribution in [3.8, 4) is 0 Å². The van der Waals surface area contributed by atoms with Crippen LogP contribution in [0.1, 0.15) is 18.9 Å². The minimum atomic E-state index is -3.55. The van der Waals surface area contributed by atoms with Crippen molar-refractivity contribution >= 4 is 15.7 Å². The Balaban J connectivity index is 2.31. The molecule has 0 amide bonds. The van der Waals surface area contributed by atoms with Gasteiger partial charge in [-0.15, -0.1) is 0 Å². The highest BCUT2D eigenvalue weighted by Gasteiger charge is 2.30. The maximum absolute atomic E-state index is 12.8. The molecule has 1 atom stereocenters. The van der Waals surface area contributed by atoms with E-state index in [0.29, 0.717) is 30.9 Å². The third-order valence-corrected chi connectivity index (χ3v) is 5.84. The predicted molar refractivity (Wildman–Crippen MR) is 79.0 cm³/mol. The van der Waals surface area contributed by atoms with Gasteiger partial charge in [0.15, 0.2) is 0 Å². The average molecular weight is 298 g/mol.